The Balaban J connectivity index is 2.55. The van der Waals surface area contributed by atoms with Gasteiger partial charge in [0.25, 0.3) is 0 Å². The number of alkyl halides is 3. The summed E-state index contributed by atoms with van der Waals surface area (Å²) in [5.74, 6) is -0.413. The van der Waals surface area contributed by atoms with E-state index in [9.17, 15) is 26.7 Å². The first-order valence-electron chi connectivity index (χ1n) is 5.78. The lowest BCUT2D eigenvalue weighted by Crippen LogP contribution is -2.17. The van der Waals surface area contributed by atoms with E-state index in [0.717, 1.165) is 18.4 Å². The maximum Gasteiger partial charge on any atom is 0.573 e. The molecule has 1 unspecified atom stereocenters. The van der Waals surface area contributed by atoms with Gasteiger partial charge < -0.3 is 9.84 Å². The number of aliphatic hydroxyl groups excluding tert-OH is 1. The lowest BCUT2D eigenvalue weighted by molar-refractivity contribution is -0.274. The highest BCUT2D eigenvalue weighted by Crippen LogP contribution is 2.25. The molecule has 1 aromatic carbocycles. The maximum absolute atomic E-state index is 12.0. The Morgan fingerprint density at radius 3 is 2.25 bits per heavy atom. The van der Waals surface area contributed by atoms with Crippen LogP contribution in [0.2, 0.25) is 0 Å². The predicted molar refractivity (Wildman–Crippen MR) is 67.0 cm³/mol. The molecule has 0 fully saturated rings. The van der Waals surface area contributed by atoms with E-state index >= 15 is 0 Å². The predicted octanol–water partition coefficient (Wildman–Crippen LogP) is 2.44. The van der Waals surface area contributed by atoms with Crippen molar-refractivity contribution in [2.75, 3.05) is 12.0 Å². The quantitative estimate of drug-likeness (QED) is 0.876. The van der Waals surface area contributed by atoms with Crippen LogP contribution in [0.4, 0.5) is 13.2 Å². The van der Waals surface area contributed by atoms with Gasteiger partial charge in [-0.3, -0.25) is 0 Å². The first-order chi connectivity index (χ1) is 9.07. The molecule has 0 saturated heterocycles. The van der Waals surface area contributed by atoms with Gasteiger partial charge in [0.1, 0.15) is 15.6 Å². The van der Waals surface area contributed by atoms with E-state index < -0.39 is 22.3 Å². The van der Waals surface area contributed by atoms with Crippen LogP contribution in [0.1, 0.15) is 24.5 Å². The van der Waals surface area contributed by atoms with Crippen LogP contribution < -0.4 is 4.74 Å². The van der Waals surface area contributed by atoms with Gasteiger partial charge in [-0.1, -0.05) is 12.1 Å². The highest BCUT2D eigenvalue weighted by Gasteiger charge is 2.31. The monoisotopic (exact) mass is 312 g/mol. The van der Waals surface area contributed by atoms with Crippen molar-refractivity contribution in [3.63, 3.8) is 0 Å². The van der Waals surface area contributed by atoms with Gasteiger partial charge >= 0.3 is 6.36 Å². The molecule has 0 aliphatic carbocycles. The van der Waals surface area contributed by atoms with Gasteiger partial charge in [0.15, 0.2) is 0 Å². The first-order valence-corrected chi connectivity index (χ1v) is 7.84. The molecular formula is C12H15F3O4S. The van der Waals surface area contributed by atoms with Crippen molar-refractivity contribution < 1.29 is 31.4 Å². The number of aliphatic hydroxyl groups is 1. The molecule has 1 atom stereocenters. The standard InChI is InChI=1S/C12H15F3O4S/c1-20(17,18)8-2-3-11(16)9-4-6-10(7-5-9)19-12(13,14)15/h4-7,11,16H,2-3,8H2,1H3. The molecule has 0 saturated carbocycles. The molecule has 0 bridgehead atoms. The van der Waals surface area contributed by atoms with E-state index in [-0.39, 0.29) is 24.3 Å². The number of hydrogen-bond acceptors (Lipinski definition) is 4. The zero-order valence-electron chi connectivity index (χ0n) is 10.7. The Hall–Kier alpha value is -1.28. The molecular weight excluding hydrogens is 297 g/mol. The molecule has 1 N–H and O–H groups in total. The summed E-state index contributed by atoms with van der Waals surface area (Å²) in [6, 6.07) is 4.82. The maximum atomic E-state index is 12.0. The van der Waals surface area contributed by atoms with Crippen LogP contribution in [0.25, 0.3) is 0 Å². The Labute approximate surface area is 115 Å². The summed E-state index contributed by atoms with van der Waals surface area (Å²) in [5, 5.41) is 9.78. The molecule has 4 nitrogen and oxygen atoms in total. The van der Waals surface area contributed by atoms with Crippen LogP contribution in [0, 0.1) is 0 Å². The van der Waals surface area contributed by atoms with Crippen molar-refractivity contribution in [1.82, 2.24) is 0 Å². The second-order valence-corrected chi connectivity index (χ2v) is 6.66. The van der Waals surface area contributed by atoms with Gasteiger partial charge in [0.05, 0.1) is 6.10 Å². The molecule has 20 heavy (non-hydrogen) atoms. The molecule has 114 valence electrons. The molecule has 0 radical (unpaired) electrons. The number of halogens is 3. The number of sulfone groups is 1. The number of hydrogen-bond donors (Lipinski definition) is 1. The zero-order valence-corrected chi connectivity index (χ0v) is 11.5. The third-order valence-electron chi connectivity index (χ3n) is 2.49. The van der Waals surface area contributed by atoms with Crippen molar-refractivity contribution in [2.24, 2.45) is 0 Å². The molecule has 0 amide bonds. The topological polar surface area (TPSA) is 63.6 Å². The third kappa shape index (κ3) is 6.76. The molecule has 0 aromatic heterocycles. The van der Waals surface area contributed by atoms with E-state index in [0.29, 0.717) is 5.56 Å². The van der Waals surface area contributed by atoms with Gasteiger partial charge in [-0.25, -0.2) is 8.42 Å². The van der Waals surface area contributed by atoms with Crippen molar-refractivity contribution in [2.45, 2.75) is 25.3 Å². The van der Waals surface area contributed by atoms with Gasteiger partial charge in [0, 0.05) is 12.0 Å². The molecule has 1 rings (SSSR count). The lowest BCUT2D eigenvalue weighted by Gasteiger charge is -2.12. The highest BCUT2D eigenvalue weighted by molar-refractivity contribution is 7.90. The molecule has 8 heteroatoms. The molecule has 0 aliphatic rings. The van der Waals surface area contributed by atoms with Crippen molar-refractivity contribution in [3.05, 3.63) is 29.8 Å². The summed E-state index contributed by atoms with van der Waals surface area (Å²) in [6.45, 7) is 0. The summed E-state index contributed by atoms with van der Waals surface area (Å²) in [5.41, 5.74) is 0.410. The van der Waals surface area contributed by atoms with Crippen LogP contribution >= 0.6 is 0 Å². The summed E-state index contributed by atoms with van der Waals surface area (Å²) in [4.78, 5) is 0. The molecule has 0 aliphatic heterocycles. The fourth-order valence-corrected chi connectivity index (χ4v) is 2.29. The largest absolute Gasteiger partial charge is 0.573 e. The smallest absolute Gasteiger partial charge is 0.406 e. The van der Waals surface area contributed by atoms with E-state index in [1.807, 2.05) is 0 Å². The van der Waals surface area contributed by atoms with Crippen LogP contribution in [0.3, 0.4) is 0 Å². The van der Waals surface area contributed by atoms with E-state index in [1.54, 1.807) is 0 Å². The minimum absolute atomic E-state index is 0.0423. The Kier molecular flexibility index (Phi) is 5.41. The van der Waals surface area contributed by atoms with E-state index in [2.05, 4.69) is 4.74 Å². The van der Waals surface area contributed by atoms with Crippen LogP contribution in [0.5, 0.6) is 5.75 Å². The van der Waals surface area contributed by atoms with Gasteiger partial charge in [-0.2, -0.15) is 0 Å². The van der Waals surface area contributed by atoms with Crippen LogP contribution in [-0.4, -0.2) is 31.9 Å². The Morgan fingerprint density at radius 2 is 1.80 bits per heavy atom. The average Bonchev–Trinajstić information content (AvgIpc) is 2.25. The van der Waals surface area contributed by atoms with Crippen molar-refractivity contribution >= 4 is 9.84 Å². The fourth-order valence-electron chi connectivity index (χ4n) is 1.60. The van der Waals surface area contributed by atoms with Crippen molar-refractivity contribution in [1.29, 1.82) is 0 Å². The van der Waals surface area contributed by atoms with E-state index in [4.69, 9.17) is 0 Å². The molecule has 0 spiro atoms. The lowest BCUT2D eigenvalue weighted by atomic mass is 10.1. The Bertz CT molecular complexity index is 523. The number of benzene rings is 1. The van der Waals surface area contributed by atoms with E-state index in [1.165, 1.54) is 12.1 Å². The summed E-state index contributed by atoms with van der Waals surface area (Å²) >= 11 is 0. The van der Waals surface area contributed by atoms with Gasteiger partial charge in [-0.05, 0) is 30.5 Å². The minimum Gasteiger partial charge on any atom is -0.406 e. The van der Waals surface area contributed by atoms with Gasteiger partial charge in [-0.15, -0.1) is 13.2 Å². The fraction of sp³-hybridized carbons (Fsp3) is 0.500. The summed E-state index contributed by atoms with van der Waals surface area (Å²) in [7, 11) is -3.09. The summed E-state index contributed by atoms with van der Waals surface area (Å²) in [6.07, 6.45) is -4.08. The average molecular weight is 312 g/mol. The number of ether oxygens (including phenoxy) is 1. The van der Waals surface area contributed by atoms with Crippen LogP contribution in [0.15, 0.2) is 24.3 Å². The van der Waals surface area contributed by atoms with Gasteiger partial charge in [0.2, 0.25) is 0 Å². The second kappa shape index (κ2) is 6.45. The normalized spacial score (nSPS) is 14.1. The minimum atomic E-state index is -4.75. The van der Waals surface area contributed by atoms with Crippen LogP contribution in [-0.2, 0) is 9.84 Å². The SMILES string of the molecule is CS(=O)(=O)CCCC(O)c1ccc(OC(F)(F)F)cc1. The van der Waals surface area contributed by atoms with Crippen molar-refractivity contribution in [3.8, 4) is 5.75 Å². The summed E-state index contributed by atoms with van der Waals surface area (Å²) < 4.78 is 61.4. The molecule has 0 heterocycles. The zero-order chi connectivity index (χ0) is 15.4. The molecule has 1 aromatic rings. The highest BCUT2D eigenvalue weighted by atomic mass is 32.2. The number of rotatable bonds is 6. The Morgan fingerprint density at radius 1 is 1.25 bits per heavy atom. The third-order valence-corrected chi connectivity index (χ3v) is 3.52. The second-order valence-electron chi connectivity index (χ2n) is 4.40. The first kappa shape index (κ1) is 16.8.